The number of carbonyl (C=O) groups excluding carboxylic acids is 1. The van der Waals surface area contributed by atoms with E-state index in [9.17, 15) is 4.79 Å². The molecule has 1 amide bonds. The molecule has 0 radical (unpaired) electrons. The van der Waals surface area contributed by atoms with Crippen molar-refractivity contribution in [2.24, 2.45) is 0 Å². The average Bonchev–Trinajstić information content (AvgIpc) is 2.85. The molecule has 20 heavy (non-hydrogen) atoms. The summed E-state index contributed by atoms with van der Waals surface area (Å²) in [5.41, 5.74) is 1.12. The highest BCUT2D eigenvalue weighted by Gasteiger charge is 2.32. The van der Waals surface area contributed by atoms with Crippen LogP contribution in [0.3, 0.4) is 0 Å². The van der Waals surface area contributed by atoms with E-state index in [0.29, 0.717) is 12.4 Å². The van der Waals surface area contributed by atoms with Gasteiger partial charge in [-0.3, -0.25) is 4.79 Å². The summed E-state index contributed by atoms with van der Waals surface area (Å²) in [4.78, 5) is 14.0. The Morgan fingerprint density at radius 3 is 3.05 bits per heavy atom. The summed E-state index contributed by atoms with van der Waals surface area (Å²) in [5.74, 6) is 1.59. The molecule has 0 aliphatic carbocycles. The van der Waals surface area contributed by atoms with Crippen molar-refractivity contribution in [3.63, 3.8) is 0 Å². The summed E-state index contributed by atoms with van der Waals surface area (Å²) in [5, 5.41) is 0.0965. The van der Waals surface area contributed by atoms with Crippen LogP contribution in [0.5, 0.6) is 5.75 Å². The maximum absolute atomic E-state index is 12.0. The molecule has 1 heterocycles. The van der Waals surface area contributed by atoms with E-state index in [-0.39, 0.29) is 11.3 Å². The topological polar surface area (TPSA) is 38.8 Å². The van der Waals surface area contributed by atoms with Crippen molar-refractivity contribution >= 4 is 17.7 Å². The van der Waals surface area contributed by atoms with E-state index in [1.54, 1.807) is 18.9 Å². The Bertz CT molecular complexity index is 452. The van der Waals surface area contributed by atoms with Crippen molar-refractivity contribution in [3.8, 4) is 5.75 Å². The van der Waals surface area contributed by atoms with Gasteiger partial charge in [-0.05, 0) is 31.0 Å². The third-order valence-electron chi connectivity index (χ3n) is 3.24. The van der Waals surface area contributed by atoms with Crippen LogP contribution >= 0.6 is 11.8 Å². The van der Waals surface area contributed by atoms with E-state index in [0.717, 1.165) is 30.9 Å². The number of benzene rings is 1. The van der Waals surface area contributed by atoms with Crippen LogP contribution in [-0.4, -0.2) is 43.4 Å². The minimum Gasteiger partial charge on any atom is -0.497 e. The maximum Gasteiger partial charge on any atom is 0.233 e. The zero-order valence-corrected chi connectivity index (χ0v) is 12.8. The highest BCUT2D eigenvalue weighted by atomic mass is 32.2. The van der Waals surface area contributed by atoms with Crippen LogP contribution in [0.2, 0.25) is 0 Å². The van der Waals surface area contributed by atoms with Crippen molar-refractivity contribution in [2.45, 2.75) is 18.7 Å². The predicted molar refractivity (Wildman–Crippen MR) is 81.0 cm³/mol. The minimum absolute atomic E-state index is 0.0965. The summed E-state index contributed by atoms with van der Waals surface area (Å²) in [7, 11) is 1.66. The molecule has 5 heteroatoms. The standard InChI is InChI=1S/C15H21NO3S/c1-3-19-9-5-8-16-14(17)11-20-15(16)12-6-4-7-13(10-12)18-2/h4,6-7,10,15H,3,5,8-9,11H2,1-2H3. The van der Waals surface area contributed by atoms with Crippen molar-refractivity contribution in [1.82, 2.24) is 4.90 Å². The molecule has 0 spiro atoms. The van der Waals surface area contributed by atoms with E-state index in [2.05, 4.69) is 0 Å². The normalized spacial score (nSPS) is 18.6. The van der Waals surface area contributed by atoms with Crippen molar-refractivity contribution in [1.29, 1.82) is 0 Å². The minimum atomic E-state index is 0.0965. The fourth-order valence-electron chi connectivity index (χ4n) is 2.25. The number of nitrogens with zero attached hydrogens (tertiary/aromatic N) is 1. The van der Waals surface area contributed by atoms with Crippen LogP contribution < -0.4 is 4.74 Å². The molecule has 0 bridgehead atoms. The van der Waals surface area contributed by atoms with E-state index in [1.807, 2.05) is 36.1 Å². The molecule has 0 N–H and O–H groups in total. The van der Waals surface area contributed by atoms with Gasteiger partial charge in [-0.15, -0.1) is 11.8 Å². The molecule has 1 saturated heterocycles. The quantitative estimate of drug-likeness (QED) is 0.725. The van der Waals surface area contributed by atoms with E-state index in [1.165, 1.54) is 0 Å². The first-order valence-corrected chi connectivity index (χ1v) is 7.94. The molecule has 1 atom stereocenters. The molecule has 2 rings (SSSR count). The van der Waals surface area contributed by atoms with Crippen molar-refractivity contribution in [3.05, 3.63) is 29.8 Å². The van der Waals surface area contributed by atoms with Gasteiger partial charge in [0.2, 0.25) is 5.91 Å². The predicted octanol–water partition coefficient (Wildman–Crippen LogP) is 2.70. The summed E-state index contributed by atoms with van der Waals surface area (Å²) >= 11 is 1.67. The molecule has 0 aromatic heterocycles. The Kier molecular flexibility index (Phi) is 5.73. The van der Waals surface area contributed by atoms with Crippen LogP contribution in [0.15, 0.2) is 24.3 Å². The average molecular weight is 295 g/mol. The molecule has 110 valence electrons. The van der Waals surface area contributed by atoms with Gasteiger partial charge in [0.25, 0.3) is 0 Å². The molecular formula is C15H21NO3S. The SMILES string of the molecule is CCOCCCN1C(=O)CSC1c1cccc(OC)c1. The molecule has 0 saturated carbocycles. The lowest BCUT2D eigenvalue weighted by Gasteiger charge is -2.24. The van der Waals surface area contributed by atoms with Gasteiger partial charge in [0.1, 0.15) is 11.1 Å². The van der Waals surface area contributed by atoms with Gasteiger partial charge in [-0.1, -0.05) is 12.1 Å². The number of amides is 1. The largest absolute Gasteiger partial charge is 0.497 e. The monoisotopic (exact) mass is 295 g/mol. The van der Waals surface area contributed by atoms with E-state index < -0.39 is 0 Å². The zero-order chi connectivity index (χ0) is 14.4. The first-order chi connectivity index (χ1) is 9.76. The van der Waals surface area contributed by atoms with Gasteiger partial charge in [-0.25, -0.2) is 0 Å². The first kappa shape index (κ1) is 15.2. The molecule has 1 fully saturated rings. The molecule has 1 aliphatic rings. The smallest absolute Gasteiger partial charge is 0.233 e. The van der Waals surface area contributed by atoms with Crippen LogP contribution in [0, 0.1) is 0 Å². The van der Waals surface area contributed by atoms with Gasteiger partial charge < -0.3 is 14.4 Å². The van der Waals surface area contributed by atoms with Gasteiger partial charge in [0.15, 0.2) is 0 Å². The first-order valence-electron chi connectivity index (χ1n) is 6.89. The van der Waals surface area contributed by atoms with Crippen molar-refractivity contribution < 1.29 is 14.3 Å². The number of hydrogen-bond donors (Lipinski definition) is 0. The lowest BCUT2D eigenvalue weighted by Crippen LogP contribution is -2.29. The molecule has 1 aromatic rings. The Labute approximate surface area is 124 Å². The molecule has 1 aliphatic heterocycles. The van der Waals surface area contributed by atoms with Gasteiger partial charge in [-0.2, -0.15) is 0 Å². The number of hydrogen-bond acceptors (Lipinski definition) is 4. The summed E-state index contributed by atoms with van der Waals surface area (Å²) in [6.45, 7) is 4.15. The third kappa shape index (κ3) is 3.67. The number of thioether (sulfide) groups is 1. The Morgan fingerprint density at radius 2 is 2.30 bits per heavy atom. The second-order valence-electron chi connectivity index (χ2n) is 4.58. The highest BCUT2D eigenvalue weighted by Crippen LogP contribution is 2.39. The van der Waals surface area contributed by atoms with Gasteiger partial charge >= 0.3 is 0 Å². The lowest BCUT2D eigenvalue weighted by molar-refractivity contribution is -0.128. The van der Waals surface area contributed by atoms with E-state index >= 15 is 0 Å². The molecular weight excluding hydrogens is 274 g/mol. The summed E-state index contributed by atoms with van der Waals surface area (Å²) < 4.78 is 10.6. The van der Waals surface area contributed by atoms with Crippen molar-refractivity contribution in [2.75, 3.05) is 32.6 Å². The Hall–Kier alpha value is -1.20. The molecule has 1 unspecified atom stereocenters. The van der Waals surface area contributed by atoms with Crippen LogP contribution in [-0.2, 0) is 9.53 Å². The number of ether oxygens (including phenoxy) is 2. The molecule has 4 nitrogen and oxygen atoms in total. The lowest BCUT2D eigenvalue weighted by atomic mass is 10.2. The highest BCUT2D eigenvalue weighted by molar-refractivity contribution is 8.00. The zero-order valence-electron chi connectivity index (χ0n) is 12.0. The van der Waals surface area contributed by atoms with Crippen LogP contribution in [0.25, 0.3) is 0 Å². The second kappa shape index (κ2) is 7.55. The number of carbonyl (C=O) groups is 1. The van der Waals surface area contributed by atoms with Gasteiger partial charge in [0.05, 0.1) is 12.9 Å². The van der Waals surface area contributed by atoms with Crippen LogP contribution in [0.4, 0.5) is 0 Å². The Balaban J connectivity index is 2.02. The number of methoxy groups -OCH3 is 1. The Morgan fingerprint density at radius 1 is 1.45 bits per heavy atom. The van der Waals surface area contributed by atoms with E-state index in [4.69, 9.17) is 9.47 Å². The molecule has 1 aromatic carbocycles. The summed E-state index contributed by atoms with van der Waals surface area (Å²) in [6, 6.07) is 7.94. The number of rotatable bonds is 7. The second-order valence-corrected chi connectivity index (χ2v) is 5.65. The maximum atomic E-state index is 12.0. The van der Waals surface area contributed by atoms with Gasteiger partial charge in [0, 0.05) is 19.8 Å². The summed E-state index contributed by atoms with van der Waals surface area (Å²) in [6.07, 6.45) is 0.876. The third-order valence-corrected chi connectivity index (χ3v) is 4.49. The fraction of sp³-hybridized carbons (Fsp3) is 0.533. The van der Waals surface area contributed by atoms with Crippen LogP contribution in [0.1, 0.15) is 24.3 Å². The fourth-order valence-corrected chi connectivity index (χ4v) is 3.46.